The fourth-order valence-electron chi connectivity index (χ4n) is 1.25. The maximum Gasteiger partial charge on any atom is 0.272 e. The minimum atomic E-state index is -0.826. The largest absolute Gasteiger partial charge is 0.357 e. The molecule has 1 aromatic carbocycles. The zero-order chi connectivity index (χ0) is 13.7. The van der Waals surface area contributed by atoms with Crippen molar-refractivity contribution in [3.05, 3.63) is 45.4 Å². The first-order valence-corrected chi connectivity index (χ1v) is 4.71. The van der Waals surface area contributed by atoms with Gasteiger partial charge in [-0.15, -0.1) is 0 Å². The Labute approximate surface area is 102 Å². The van der Waals surface area contributed by atoms with Crippen LogP contribution in [0.1, 0.15) is 5.56 Å². The van der Waals surface area contributed by atoms with Gasteiger partial charge in [0.2, 0.25) is 0 Å². The number of allylic oxidation sites excluding steroid dienone is 1. The predicted octanol–water partition coefficient (Wildman–Crippen LogP) is 2.39. The maximum absolute atomic E-state index is 13.6. The fraction of sp³-hybridized carbons (Fsp3) is 0.0909. The molecule has 90 valence electrons. The molecule has 0 fully saturated rings. The summed E-state index contributed by atoms with van der Waals surface area (Å²) in [7, 11) is 0. The van der Waals surface area contributed by atoms with E-state index in [1.54, 1.807) is 12.1 Å². The predicted molar refractivity (Wildman–Crippen MR) is 60.7 cm³/mol. The van der Waals surface area contributed by atoms with Crippen molar-refractivity contribution in [2.45, 2.75) is 6.92 Å². The lowest BCUT2D eigenvalue weighted by Gasteiger charge is -2.06. The lowest BCUT2D eigenvalue weighted by molar-refractivity contribution is -0.385. The molecule has 0 unspecified atom stereocenters. The number of nitriles is 2. The van der Waals surface area contributed by atoms with Crippen molar-refractivity contribution >= 4 is 11.4 Å². The summed E-state index contributed by atoms with van der Waals surface area (Å²) in [6.07, 6.45) is 1.04. The van der Waals surface area contributed by atoms with Gasteiger partial charge in [0.15, 0.2) is 5.82 Å². The van der Waals surface area contributed by atoms with Gasteiger partial charge in [-0.1, -0.05) is 0 Å². The number of aryl methyl sites for hydroxylation is 1. The van der Waals surface area contributed by atoms with E-state index in [4.69, 9.17) is 10.5 Å². The van der Waals surface area contributed by atoms with E-state index in [9.17, 15) is 14.5 Å². The van der Waals surface area contributed by atoms with E-state index in [-0.39, 0.29) is 16.9 Å². The molecule has 1 rings (SSSR count). The minimum Gasteiger partial charge on any atom is -0.357 e. The van der Waals surface area contributed by atoms with Gasteiger partial charge < -0.3 is 5.32 Å². The van der Waals surface area contributed by atoms with Crippen LogP contribution in [0.4, 0.5) is 15.8 Å². The molecule has 0 aromatic heterocycles. The van der Waals surface area contributed by atoms with Gasteiger partial charge in [0.25, 0.3) is 5.69 Å². The standard InChI is InChI=1S/C11H7FN4O2/c1-7-2-9(16(17)18)3-10(12)11(7)15-6-8(4-13)5-14/h2-3,6,15H,1H3. The van der Waals surface area contributed by atoms with Crippen LogP contribution in [-0.2, 0) is 0 Å². The molecule has 7 heteroatoms. The molecule has 0 heterocycles. The van der Waals surface area contributed by atoms with Gasteiger partial charge in [0.1, 0.15) is 17.7 Å². The Balaban J connectivity index is 3.14. The first-order chi connectivity index (χ1) is 8.49. The summed E-state index contributed by atoms with van der Waals surface area (Å²) in [5.74, 6) is -0.826. The van der Waals surface area contributed by atoms with Crippen molar-refractivity contribution in [3.63, 3.8) is 0 Å². The van der Waals surface area contributed by atoms with E-state index < -0.39 is 10.7 Å². The first kappa shape index (κ1) is 13.1. The number of hydrogen-bond acceptors (Lipinski definition) is 5. The van der Waals surface area contributed by atoms with Gasteiger partial charge in [0, 0.05) is 12.3 Å². The van der Waals surface area contributed by atoms with Gasteiger partial charge in [-0.3, -0.25) is 10.1 Å². The second-order valence-electron chi connectivity index (χ2n) is 3.30. The third-order valence-corrected chi connectivity index (χ3v) is 2.08. The van der Waals surface area contributed by atoms with Gasteiger partial charge in [-0.25, -0.2) is 4.39 Å². The van der Waals surface area contributed by atoms with Crippen LogP contribution in [0.3, 0.4) is 0 Å². The molecule has 0 spiro atoms. The van der Waals surface area contributed by atoms with Crippen LogP contribution in [0, 0.1) is 45.5 Å². The number of nitro benzene ring substituents is 1. The topological polar surface area (TPSA) is 103 Å². The Kier molecular flexibility index (Phi) is 3.95. The monoisotopic (exact) mass is 246 g/mol. The number of nitro groups is 1. The highest BCUT2D eigenvalue weighted by molar-refractivity contribution is 5.59. The number of benzene rings is 1. The smallest absolute Gasteiger partial charge is 0.272 e. The lowest BCUT2D eigenvalue weighted by atomic mass is 10.1. The van der Waals surface area contributed by atoms with Crippen LogP contribution in [-0.4, -0.2) is 4.92 Å². The Morgan fingerprint density at radius 2 is 2.11 bits per heavy atom. The average Bonchev–Trinajstić information content (AvgIpc) is 2.32. The van der Waals surface area contributed by atoms with E-state index in [1.165, 1.54) is 13.0 Å². The molecule has 0 aliphatic rings. The molecular formula is C11H7FN4O2. The Hall–Kier alpha value is -2.93. The van der Waals surface area contributed by atoms with E-state index >= 15 is 0 Å². The van der Waals surface area contributed by atoms with Gasteiger partial charge in [-0.05, 0) is 12.5 Å². The van der Waals surface area contributed by atoms with Crippen LogP contribution in [0.15, 0.2) is 23.9 Å². The van der Waals surface area contributed by atoms with E-state index in [0.717, 1.165) is 12.3 Å². The number of nitrogens with one attached hydrogen (secondary N) is 1. The molecule has 6 nitrogen and oxygen atoms in total. The SMILES string of the molecule is Cc1cc([N+](=O)[O-])cc(F)c1NC=C(C#N)C#N. The van der Waals surface area contributed by atoms with Crippen LogP contribution in [0.25, 0.3) is 0 Å². The molecule has 0 aliphatic carbocycles. The Bertz CT molecular complexity index is 571. The molecule has 1 N–H and O–H groups in total. The summed E-state index contributed by atoms with van der Waals surface area (Å²) in [6, 6.07) is 5.15. The zero-order valence-corrected chi connectivity index (χ0v) is 9.27. The van der Waals surface area contributed by atoms with Crippen molar-refractivity contribution in [1.82, 2.24) is 0 Å². The summed E-state index contributed by atoms with van der Waals surface area (Å²) < 4.78 is 13.6. The minimum absolute atomic E-state index is 0.0106. The number of rotatable bonds is 3. The molecule has 0 aliphatic heterocycles. The Morgan fingerprint density at radius 1 is 1.50 bits per heavy atom. The molecule has 0 radical (unpaired) electrons. The molecule has 0 atom stereocenters. The summed E-state index contributed by atoms with van der Waals surface area (Å²) >= 11 is 0. The molecule has 0 saturated heterocycles. The number of non-ortho nitro benzene ring substituents is 1. The molecule has 1 aromatic rings. The summed E-state index contributed by atoms with van der Waals surface area (Å²) in [5.41, 5.74) is -0.302. The zero-order valence-electron chi connectivity index (χ0n) is 9.27. The van der Waals surface area contributed by atoms with E-state index in [1.807, 2.05) is 0 Å². The van der Waals surface area contributed by atoms with Crippen molar-refractivity contribution < 1.29 is 9.31 Å². The van der Waals surface area contributed by atoms with Gasteiger partial charge >= 0.3 is 0 Å². The van der Waals surface area contributed by atoms with Crippen molar-refractivity contribution in [2.75, 3.05) is 5.32 Å². The highest BCUT2D eigenvalue weighted by atomic mass is 19.1. The molecule has 0 amide bonds. The molecule has 0 saturated carbocycles. The molecule has 18 heavy (non-hydrogen) atoms. The average molecular weight is 246 g/mol. The van der Waals surface area contributed by atoms with E-state index in [0.29, 0.717) is 5.56 Å². The van der Waals surface area contributed by atoms with Crippen molar-refractivity contribution in [1.29, 1.82) is 10.5 Å². The highest BCUT2D eigenvalue weighted by Gasteiger charge is 2.13. The quantitative estimate of drug-likeness (QED) is 0.501. The normalized spacial score (nSPS) is 8.89. The van der Waals surface area contributed by atoms with E-state index in [2.05, 4.69) is 5.32 Å². The third-order valence-electron chi connectivity index (χ3n) is 2.08. The maximum atomic E-state index is 13.6. The van der Waals surface area contributed by atoms with Crippen LogP contribution >= 0.6 is 0 Å². The number of hydrogen-bond donors (Lipinski definition) is 1. The van der Waals surface area contributed by atoms with Crippen molar-refractivity contribution in [3.8, 4) is 12.1 Å². The van der Waals surface area contributed by atoms with Crippen LogP contribution < -0.4 is 5.32 Å². The number of anilines is 1. The first-order valence-electron chi connectivity index (χ1n) is 4.71. The lowest BCUT2D eigenvalue weighted by Crippen LogP contribution is -1.99. The van der Waals surface area contributed by atoms with Gasteiger partial charge in [-0.2, -0.15) is 10.5 Å². The third kappa shape index (κ3) is 2.80. The van der Waals surface area contributed by atoms with Gasteiger partial charge in [0.05, 0.1) is 16.7 Å². The molecule has 0 bridgehead atoms. The highest BCUT2D eigenvalue weighted by Crippen LogP contribution is 2.25. The second-order valence-corrected chi connectivity index (χ2v) is 3.30. The van der Waals surface area contributed by atoms with Crippen LogP contribution in [0.5, 0.6) is 0 Å². The fourth-order valence-corrected chi connectivity index (χ4v) is 1.25. The summed E-state index contributed by atoms with van der Waals surface area (Å²) in [4.78, 5) is 9.79. The van der Waals surface area contributed by atoms with Crippen molar-refractivity contribution in [2.24, 2.45) is 0 Å². The molecular weight excluding hydrogens is 239 g/mol. The Morgan fingerprint density at radius 3 is 2.56 bits per heavy atom. The summed E-state index contributed by atoms with van der Waals surface area (Å²) in [5, 5.41) is 29.9. The number of nitrogens with zero attached hydrogens (tertiary/aromatic N) is 3. The van der Waals surface area contributed by atoms with Crippen LogP contribution in [0.2, 0.25) is 0 Å². The second kappa shape index (κ2) is 5.41. The number of halogens is 1. The summed E-state index contributed by atoms with van der Waals surface area (Å²) in [6.45, 7) is 1.48.